The molecule has 3 nitrogen and oxygen atoms in total. The highest BCUT2D eigenvalue weighted by Gasteiger charge is 2.11. The van der Waals surface area contributed by atoms with Crippen LogP contribution in [-0.2, 0) is 6.42 Å². The molecule has 0 aliphatic carbocycles. The third kappa shape index (κ3) is 3.41. The summed E-state index contributed by atoms with van der Waals surface area (Å²) in [5, 5.41) is 3.45. The zero-order valence-corrected chi connectivity index (χ0v) is 11.7. The maximum atomic E-state index is 5.87. The number of ether oxygens (including phenoxy) is 1. The monoisotopic (exact) mass is 260 g/mol. The maximum absolute atomic E-state index is 5.87. The Morgan fingerprint density at radius 3 is 2.95 bits per heavy atom. The molecule has 3 heteroatoms. The number of fused-ring (bicyclic) bond motifs is 1. The minimum atomic E-state index is 0.829. The van der Waals surface area contributed by atoms with Crippen molar-refractivity contribution in [2.45, 2.75) is 32.1 Å². The molecule has 2 heterocycles. The molecule has 1 aromatic rings. The van der Waals surface area contributed by atoms with Crippen molar-refractivity contribution in [1.82, 2.24) is 4.90 Å². The van der Waals surface area contributed by atoms with Crippen molar-refractivity contribution in [3.63, 3.8) is 0 Å². The number of aryl methyl sites for hydroxylation is 1. The Bertz CT molecular complexity index is 413. The summed E-state index contributed by atoms with van der Waals surface area (Å²) in [5.74, 6) is 1.01. The summed E-state index contributed by atoms with van der Waals surface area (Å²) in [6, 6.07) is 6.48. The van der Waals surface area contributed by atoms with Crippen LogP contribution >= 0.6 is 0 Å². The number of rotatable bonds is 5. The van der Waals surface area contributed by atoms with Crippen molar-refractivity contribution in [2.75, 3.05) is 38.1 Å². The molecule has 0 unspecified atom stereocenters. The predicted molar refractivity (Wildman–Crippen MR) is 79.0 cm³/mol. The molecule has 0 aromatic heterocycles. The van der Waals surface area contributed by atoms with E-state index in [1.54, 1.807) is 0 Å². The van der Waals surface area contributed by atoms with Crippen LogP contribution in [0.1, 0.15) is 31.2 Å². The van der Waals surface area contributed by atoms with Crippen LogP contribution in [0.5, 0.6) is 5.75 Å². The van der Waals surface area contributed by atoms with E-state index in [2.05, 4.69) is 28.4 Å². The summed E-state index contributed by atoms with van der Waals surface area (Å²) in [4.78, 5) is 2.54. The highest BCUT2D eigenvalue weighted by atomic mass is 16.5. The molecule has 3 rings (SSSR count). The minimum absolute atomic E-state index is 0.829. The van der Waals surface area contributed by atoms with Gasteiger partial charge in [0.1, 0.15) is 5.75 Å². The molecule has 0 atom stereocenters. The van der Waals surface area contributed by atoms with Gasteiger partial charge in [0, 0.05) is 24.8 Å². The van der Waals surface area contributed by atoms with Gasteiger partial charge in [-0.25, -0.2) is 0 Å². The van der Waals surface area contributed by atoms with Crippen molar-refractivity contribution >= 4 is 5.69 Å². The molecule has 0 saturated carbocycles. The van der Waals surface area contributed by atoms with Crippen molar-refractivity contribution in [3.05, 3.63) is 23.8 Å². The van der Waals surface area contributed by atoms with Gasteiger partial charge in [-0.3, -0.25) is 0 Å². The Morgan fingerprint density at radius 2 is 2.05 bits per heavy atom. The standard InChI is InChI=1S/C16H24N2O/c1-2-10-18(9-1)11-4-12-19-15-7-6-14-5-3-8-17-16(14)13-15/h6-7,13,17H,1-5,8-12H2. The lowest BCUT2D eigenvalue weighted by Crippen LogP contribution is -2.21. The molecule has 2 aliphatic rings. The second kappa shape index (κ2) is 6.29. The molecule has 1 saturated heterocycles. The summed E-state index contributed by atoms with van der Waals surface area (Å²) >= 11 is 0. The average Bonchev–Trinajstić information content (AvgIpc) is 2.97. The van der Waals surface area contributed by atoms with Crippen molar-refractivity contribution < 1.29 is 4.74 Å². The van der Waals surface area contributed by atoms with Gasteiger partial charge in [0.15, 0.2) is 0 Å². The van der Waals surface area contributed by atoms with E-state index in [0.29, 0.717) is 0 Å². The van der Waals surface area contributed by atoms with Crippen LogP contribution in [0.15, 0.2) is 18.2 Å². The van der Waals surface area contributed by atoms with Crippen LogP contribution < -0.4 is 10.1 Å². The number of nitrogens with one attached hydrogen (secondary N) is 1. The average molecular weight is 260 g/mol. The van der Waals surface area contributed by atoms with Crippen LogP contribution in [0.2, 0.25) is 0 Å². The molecule has 1 N–H and O–H groups in total. The van der Waals surface area contributed by atoms with E-state index in [1.807, 2.05) is 0 Å². The maximum Gasteiger partial charge on any atom is 0.121 e. The normalized spacial score (nSPS) is 18.9. The lowest BCUT2D eigenvalue weighted by Gasteiger charge is -2.19. The van der Waals surface area contributed by atoms with Crippen LogP contribution in [0, 0.1) is 0 Å². The van der Waals surface area contributed by atoms with E-state index in [9.17, 15) is 0 Å². The first-order chi connectivity index (χ1) is 9.42. The van der Waals surface area contributed by atoms with E-state index >= 15 is 0 Å². The molecule has 0 radical (unpaired) electrons. The third-order valence-electron chi connectivity index (χ3n) is 4.11. The highest BCUT2D eigenvalue weighted by molar-refractivity contribution is 5.56. The summed E-state index contributed by atoms with van der Waals surface area (Å²) < 4.78 is 5.87. The summed E-state index contributed by atoms with van der Waals surface area (Å²) in [7, 11) is 0. The zero-order chi connectivity index (χ0) is 12.9. The first-order valence-corrected chi connectivity index (χ1v) is 7.64. The summed E-state index contributed by atoms with van der Waals surface area (Å²) in [6.45, 7) is 5.66. The zero-order valence-electron chi connectivity index (χ0n) is 11.7. The van der Waals surface area contributed by atoms with Gasteiger partial charge >= 0.3 is 0 Å². The fourth-order valence-corrected chi connectivity index (χ4v) is 3.01. The van der Waals surface area contributed by atoms with Gasteiger partial charge in [-0.15, -0.1) is 0 Å². The van der Waals surface area contributed by atoms with E-state index in [-0.39, 0.29) is 0 Å². The molecule has 0 amide bonds. The van der Waals surface area contributed by atoms with Gasteiger partial charge in [0.2, 0.25) is 0 Å². The molecular weight excluding hydrogens is 236 g/mol. The lowest BCUT2D eigenvalue weighted by molar-refractivity contribution is 0.263. The number of anilines is 1. The largest absolute Gasteiger partial charge is 0.493 e. The van der Waals surface area contributed by atoms with E-state index in [4.69, 9.17) is 4.74 Å². The van der Waals surface area contributed by atoms with Gasteiger partial charge in [0.25, 0.3) is 0 Å². The SMILES string of the molecule is c1cc2c(cc1OCCCN1CCCC1)NCCC2. The fourth-order valence-electron chi connectivity index (χ4n) is 3.01. The first kappa shape index (κ1) is 12.8. The van der Waals surface area contributed by atoms with Crippen LogP contribution in [0.4, 0.5) is 5.69 Å². The Hall–Kier alpha value is -1.22. The third-order valence-corrected chi connectivity index (χ3v) is 4.11. The van der Waals surface area contributed by atoms with Crippen molar-refractivity contribution in [3.8, 4) is 5.75 Å². The van der Waals surface area contributed by atoms with E-state index in [0.717, 1.165) is 25.3 Å². The molecule has 0 bridgehead atoms. The Labute approximate surface area is 115 Å². The molecule has 1 aromatic carbocycles. The molecule has 104 valence electrons. The topological polar surface area (TPSA) is 24.5 Å². The second-order valence-corrected chi connectivity index (χ2v) is 5.60. The Balaban J connectivity index is 1.44. The number of nitrogens with zero attached hydrogens (tertiary/aromatic N) is 1. The van der Waals surface area contributed by atoms with Crippen molar-refractivity contribution in [2.24, 2.45) is 0 Å². The van der Waals surface area contributed by atoms with Gasteiger partial charge in [-0.05, 0) is 56.8 Å². The van der Waals surface area contributed by atoms with Crippen LogP contribution in [0.3, 0.4) is 0 Å². The van der Waals surface area contributed by atoms with Gasteiger partial charge < -0.3 is 15.0 Å². The predicted octanol–water partition coefficient (Wildman–Crippen LogP) is 2.91. The summed E-state index contributed by atoms with van der Waals surface area (Å²) in [6.07, 6.45) is 6.31. The Morgan fingerprint density at radius 1 is 1.16 bits per heavy atom. The Kier molecular flexibility index (Phi) is 4.23. The fraction of sp³-hybridized carbons (Fsp3) is 0.625. The molecule has 1 fully saturated rings. The number of hydrogen-bond donors (Lipinski definition) is 1. The second-order valence-electron chi connectivity index (χ2n) is 5.60. The molecule has 19 heavy (non-hydrogen) atoms. The number of benzene rings is 1. The lowest BCUT2D eigenvalue weighted by atomic mass is 10.0. The van der Waals surface area contributed by atoms with Gasteiger partial charge in [-0.1, -0.05) is 6.07 Å². The van der Waals surface area contributed by atoms with Crippen molar-refractivity contribution in [1.29, 1.82) is 0 Å². The number of hydrogen-bond acceptors (Lipinski definition) is 3. The quantitative estimate of drug-likeness (QED) is 0.824. The highest BCUT2D eigenvalue weighted by Crippen LogP contribution is 2.26. The molecular formula is C16H24N2O. The van der Waals surface area contributed by atoms with E-state index in [1.165, 1.54) is 56.6 Å². The summed E-state index contributed by atoms with van der Waals surface area (Å²) in [5.41, 5.74) is 2.69. The van der Waals surface area contributed by atoms with Crippen LogP contribution in [-0.4, -0.2) is 37.7 Å². The molecule has 2 aliphatic heterocycles. The van der Waals surface area contributed by atoms with Gasteiger partial charge in [-0.2, -0.15) is 0 Å². The first-order valence-electron chi connectivity index (χ1n) is 7.64. The smallest absolute Gasteiger partial charge is 0.121 e. The minimum Gasteiger partial charge on any atom is -0.493 e. The van der Waals surface area contributed by atoms with E-state index < -0.39 is 0 Å². The van der Waals surface area contributed by atoms with Crippen LogP contribution in [0.25, 0.3) is 0 Å². The van der Waals surface area contributed by atoms with Gasteiger partial charge in [0.05, 0.1) is 6.61 Å². The molecule has 0 spiro atoms. The number of likely N-dealkylation sites (tertiary alicyclic amines) is 1.